The number of rotatable bonds is 7. The highest BCUT2D eigenvalue weighted by molar-refractivity contribution is 5.80. The summed E-state index contributed by atoms with van der Waals surface area (Å²) in [6, 6.07) is 5.69. The van der Waals surface area contributed by atoms with E-state index in [1.807, 2.05) is 18.2 Å². The maximum atomic E-state index is 12.0. The molecule has 0 bridgehead atoms. The molecule has 0 aliphatic rings. The van der Waals surface area contributed by atoms with Crippen LogP contribution in [0.4, 0.5) is 0 Å². The van der Waals surface area contributed by atoms with Crippen LogP contribution in [-0.2, 0) is 11.2 Å². The first-order valence-electron chi connectivity index (χ1n) is 7.05. The van der Waals surface area contributed by atoms with Crippen LogP contribution in [0.25, 0.3) is 0 Å². The van der Waals surface area contributed by atoms with Gasteiger partial charge in [-0.2, -0.15) is 0 Å². The van der Waals surface area contributed by atoms with Crippen molar-refractivity contribution in [2.75, 3.05) is 6.54 Å². The predicted molar refractivity (Wildman–Crippen MR) is 78.8 cm³/mol. The standard InChI is InChI=1S/C16H26N2O/c1-16(2,3)13(9-10-17)7-8-15(19)12-14-6-4-5-11-18-14/h4-6,11,13H,7-10,12,17H2,1-3H3. The fraction of sp³-hybridized carbons (Fsp3) is 0.625. The van der Waals surface area contributed by atoms with E-state index < -0.39 is 0 Å². The fourth-order valence-corrected chi connectivity index (χ4v) is 2.34. The van der Waals surface area contributed by atoms with Gasteiger partial charge >= 0.3 is 0 Å². The van der Waals surface area contributed by atoms with E-state index in [1.54, 1.807) is 6.20 Å². The van der Waals surface area contributed by atoms with Crippen LogP contribution in [0.15, 0.2) is 24.4 Å². The molecule has 106 valence electrons. The number of hydrogen-bond acceptors (Lipinski definition) is 3. The van der Waals surface area contributed by atoms with Crippen molar-refractivity contribution in [2.45, 2.75) is 46.5 Å². The van der Waals surface area contributed by atoms with Gasteiger partial charge in [0.15, 0.2) is 0 Å². The lowest BCUT2D eigenvalue weighted by Crippen LogP contribution is -2.24. The normalized spacial score (nSPS) is 13.3. The molecule has 19 heavy (non-hydrogen) atoms. The van der Waals surface area contributed by atoms with E-state index >= 15 is 0 Å². The number of carbonyl (C=O) groups is 1. The molecule has 0 saturated heterocycles. The molecule has 1 aromatic rings. The van der Waals surface area contributed by atoms with Crippen molar-refractivity contribution in [3.8, 4) is 0 Å². The number of ketones is 1. The zero-order chi connectivity index (χ0) is 14.3. The second kappa shape index (κ2) is 7.39. The number of nitrogens with two attached hydrogens (primary N) is 1. The Hall–Kier alpha value is -1.22. The van der Waals surface area contributed by atoms with E-state index in [2.05, 4.69) is 25.8 Å². The first kappa shape index (κ1) is 15.8. The van der Waals surface area contributed by atoms with Crippen molar-refractivity contribution in [2.24, 2.45) is 17.1 Å². The molecular formula is C16H26N2O. The third-order valence-electron chi connectivity index (χ3n) is 3.62. The Morgan fingerprint density at radius 2 is 2.05 bits per heavy atom. The Balaban J connectivity index is 2.44. The minimum atomic E-state index is 0.213. The molecule has 1 aromatic heterocycles. The number of hydrogen-bond donors (Lipinski definition) is 1. The van der Waals surface area contributed by atoms with Gasteiger partial charge in [0, 0.05) is 24.7 Å². The molecular weight excluding hydrogens is 236 g/mol. The van der Waals surface area contributed by atoms with Crippen LogP contribution < -0.4 is 5.73 Å². The summed E-state index contributed by atoms with van der Waals surface area (Å²) >= 11 is 0. The smallest absolute Gasteiger partial charge is 0.138 e. The Kier molecular flexibility index (Phi) is 6.16. The van der Waals surface area contributed by atoms with Crippen molar-refractivity contribution in [3.63, 3.8) is 0 Å². The third-order valence-corrected chi connectivity index (χ3v) is 3.62. The molecule has 0 spiro atoms. The van der Waals surface area contributed by atoms with E-state index in [-0.39, 0.29) is 11.2 Å². The Bertz CT molecular complexity index is 381. The highest BCUT2D eigenvalue weighted by atomic mass is 16.1. The van der Waals surface area contributed by atoms with Gasteiger partial charge in [0.2, 0.25) is 0 Å². The van der Waals surface area contributed by atoms with Gasteiger partial charge in [0.1, 0.15) is 5.78 Å². The molecule has 0 aliphatic carbocycles. The first-order chi connectivity index (χ1) is 8.93. The Morgan fingerprint density at radius 1 is 1.32 bits per heavy atom. The lowest BCUT2D eigenvalue weighted by atomic mass is 9.76. The fourth-order valence-electron chi connectivity index (χ4n) is 2.34. The minimum absolute atomic E-state index is 0.213. The van der Waals surface area contributed by atoms with E-state index in [0.29, 0.717) is 25.3 Å². The number of carbonyl (C=O) groups excluding carboxylic acids is 1. The molecule has 0 aliphatic heterocycles. The maximum absolute atomic E-state index is 12.0. The minimum Gasteiger partial charge on any atom is -0.330 e. The number of Topliss-reactive ketones (excluding diaryl/α,β-unsaturated/α-hetero) is 1. The molecule has 3 heteroatoms. The van der Waals surface area contributed by atoms with Gasteiger partial charge in [-0.3, -0.25) is 9.78 Å². The SMILES string of the molecule is CC(C)(C)C(CCN)CCC(=O)Cc1ccccn1. The van der Waals surface area contributed by atoms with Crippen molar-refractivity contribution in [1.29, 1.82) is 0 Å². The largest absolute Gasteiger partial charge is 0.330 e. The van der Waals surface area contributed by atoms with E-state index in [1.165, 1.54) is 0 Å². The zero-order valence-electron chi connectivity index (χ0n) is 12.4. The van der Waals surface area contributed by atoms with Crippen molar-refractivity contribution in [1.82, 2.24) is 4.98 Å². The molecule has 0 saturated carbocycles. The summed E-state index contributed by atoms with van der Waals surface area (Å²) in [5, 5.41) is 0. The van der Waals surface area contributed by atoms with Crippen molar-refractivity contribution >= 4 is 5.78 Å². The topological polar surface area (TPSA) is 56.0 Å². The molecule has 1 unspecified atom stereocenters. The molecule has 0 fully saturated rings. The predicted octanol–water partition coefficient (Wildman–Crippen LogP) is 2.98. The number of aromatic nitrogens is 1. The van der Waals surface area contributed by atoms with Gasteiger partial charge in [-0.1, -0.05) is 26.8 Å². The molecule has 1 atom stereocenters. The van der Waals surface area contributed by atoms with Crippen LogP contribution in [-0.4, -0.2) is 17.3 Å². The van der Waals surface area contributed by atoms with Crippen LogP contribution >= 0.6 is 0 Å². The van der Waals surface area contributed by atoms with Crippen molar-refractivity contribution < 1.29 is 4.79 Å². The molecule has 0 aromatic carbocycles. The molecule has 0 amide bonds. The van der Waals surface area contributed by atoms with Gasteiger partial charge in [0.05, 0.1) is 0 Å². The van der Waals surface area contributed by atoms with Gasteiger partial charge in [-0.05, 0) is 42.9 Å². The molecule has 1 heterocycles. The second-order valence-electron chi connectivity index (χ2n) is 6.22. The maximum Gasteiger partial charge on any atom is 0.138 e. The van der Waals surface area contributed by atoms with Crippen LogP contribution in [0.1, 0.15) is 45.7 Å². The van der Waals surface area contributed by atoms with E-state index in [4.69, 9.17) is 5.73 Å². The Labute approximate surface area is 116 Å². The van der Waals surface area contributed by atoms with Crippen LogP contribution in [0.2, 0.25) is 0 Å². The molecule has 1 rings (SSSR count). The molecule has 3 nitrogen and oxygen atoms in total. The first-order valence-corrected chi connectivity index (χ1v) is 7.05. The summed E-state index contributed by atoms with van der Waals surface area (Å²) in [7, 11) is 0. The zero-order valence-corrected chi connectivity index (χ0v) is 12.4. The van der Waals surface area contributed by atoms with Gasteiger partial charge in [0.25, 0.3) is 0 Å². The lowest BCUT2D eigenvalue weighted by molar-refractivity contribution is -0.118. The van der Waals surface area contributed by atoms with Crippen LogP contribution in [0.5, 0.6) is 0 Å². The monoisotopic (exact) mass is 262 g/mol. The summed E-state index contributed by atoms with van der Waals surface area (Å²) < 4.78 is 0. The summed E-state index contributed by atoms with van der Waals surface area (Å²) in [5.41, 5.74) is 6.73. The average Bonchev–Trinajstić information content (AvgIpc) is 2.34. The second-order valence-corrected chi connectivity index (χ2v) is 6.22. The van der Waals surface area contributed by atoms with E-state index in [9.17, 15) is 4.79 Å². The molecule has 2 N–H and O–H groups in total. The quantitative estimate of drug-likeness (QED) is 0.822. The summed E-state index contributed by atoms with van der Waals surface area (Å²) in [4.78, 5) is 16.2. The van der Waals surface area contributed by atoms with Crippen LogP contribution in [0.3, 0.4) is 0 Å². The summed E-state index contributed by atoms with van der Waals surface area (Å²) in [6.07, 6.45) is 4.71. The van der Waals surface area contributed by atoms with E-state index in [0.717, 1.165) is 18.5 Å². The highest BCUT2D eigenvalue weighted by Gasteiger charge is 2.24. The van der Waals surface area contributed by atoms with Gasteiger partial charge < -0.3 is 5.73 Å². The Morgan fingerprint density at radius 3 is 2.58 bits per heavy atom. The van der Waals surface area contributed by atoms with Gasteiger partial charge in [-0.25, -0.2) is 0 Å². The van der Waals surface area contributed by atoms with Gasteiger partial charge in [-0.15, -0.1) is 0 Å². The molecule has 0 radical (unpaired) electrons. The van der Waals surface area contributed by atoms with Crippen LogP contribution in [0, 0.1) is 11.3 Å². The summed E-state index contributed by atoms with van der Waals surface area (Å²) in [5.74, 6) is 0.773. The lowest BCUT2D eigenvalue weighted by Gasteiger charge is -2.30. The van der Waals surface area contributed by atoms with Crippen molar-refractivity contribution in [3.05, 3.63) is 30.1 Å². The average molecular weight is 262 g/mol. The number of nitrogens with zero attached hydrogens (tertiary/aromatic N) is 1. The number of pyridine rings is 1. The summed E-state index contributed by atoms with van der Waals surface area (Å²) in [6.45, 7) is 7.35. The highest BCUT2D eigenvalue weighted by Crippen LogP contribution is 2.32. The third kappa shape index (κ3) is 5.97.